The van der Waals surface area contributed by atoms with E-state index in [0.717, 1.165) is 0 Å². The second-order valence-electron chi connectivity index (χ2n) is 23.1. The van der Waals surface area contributed by atoms with Gasteiger partial charge in [0.2, 0.25) is 23.0 Å². The first kappa shape index (κ1) is 77.6. The summed E-state index contributed by atoms with van der Waals surface area (Å²) in [7, 11) is 29.8. The summed E-state index contributed by atoms with van der Waals surface area (Å²) in [4.78, 5) is 0. The minimum absolute atomic E-state index is 0.269. The van der Waals surface area contributed by atoms with Crippen LogP contribution in [0.15, 0.2) is 72.8 Å². The summed E-state index contributed by atoms with van der Waals surface area (Å²) in [5.74, 6) is 7.55. The first-order chi connectivity index (χ1) is 50.1. The number of benzene rings is 8. The molecule has 0 saturated heterocycles. The van der Waals surface area contributed by atoms with Crippen LogP contribution < -0.4 is 94.7 Å². The Kier molecular flexibility index (Phi) is 24.5. The van der Waals surface area contributed by atoms with Crippen molar-refractivity contribution < 1.29 is 136 Å². The first-order valence-corrected chi connectivity index (χ1v) is 31.9. The molecule has 8 aromatic rings. The normalized spacial score (nSPS) is 17.8. The van der Waals surface area contributed by atoms with E-state index in [9.17, 15) is 40.9 Å². The molecule has 4 aliphatic carbocycles. The summed E-state index contributed by atoms with van der Waals surface area (Å²) >= 11 is 0. The average molecular weight is 1450 g/mol. The van der Waals surface area contributed by atoms with E-state index in [1.54, 1.807) is 72.8 Å². The summed E-state index contributed by atoms with van der Waals surface area (Å²) in [5.41, 5.74) is 7.54. The Labute approximate surface area is 601 Å². The number of hydrogen-bond acceptors (Lipinski definition) is 28. The minimum Gasteiger partial charge on any atom is -0.493 e. The van der Waals surface area contributed by atoms with Gasteiger partial charge in [-0.3, -0.25) is 0 Å². The van der Waals surface area contributed by atoms with Gasteiger partial charge in [0.05, 0.1) is 142 Å². The van der Waals surface area contributed by atoms with Gasteiger partial charge in [-0.15, -0.1) is 0 Å². The Balaban J connectivity index is 0.000000161. The fourth-order valence-electron chi connectivity index (χ4n) is 13.8. The smallest absolute Gasteiger partial charge is 0.203 e. The molecule has 0 spiro atoms. The van der Waals surface area contributed by atoms with Crippen LogP contribution in [0.4, 0.5) is 0 Å². The van der Waals surface area contributed by atoms with Crippen molar-refractivity contribution in [3.8, 4) is 115 Å². The average Bonchev–Trinajstić information content (AvgIpc) is 0.719. The van der Waals surface area contributed by atoms with Crippen LogP contribution in [0.1, 0.15) is 138 Å². The van der Waals surface area contributed by atoms with Gasteiger partial charge in [-0.05, 0) is 116 Å². The van der Waals surface area contributed by atoms with Gasteiger partial charge in [-0.1, -0.05) is 12.1 Å². The summed E-state index contributed by atoms with van der Waals surface area (Å²) in [6.07, 6.45) is -8.31. The van der Waals surface area contributed by atoms with Crippen molar-refractivity contribution in [2.75, 3.05) is 142 Å². The van der Waals surface area contributed by atoms with Gasteiger partial charge >= 0.3 is 0 Å². The van der Waals surface area contributed by atoms with Crippen LogP contribution in [-0.2, 0) is 0 Å². The molecule has 104 heavy (non-hydrogen) atoms. The number of ether oxygens (including phenoxy) is 20. The molecule has 0 atom stereocenters. The number of aliphatic hydroxyl groups excluding tert-OH is 8. The Bertz CT molecular complexity index is 3950. The fourth-order valence-corrected chi connectivity index (χ4v) is 13.8. The second kappa shape index (κ2) is 32.8. The molecule has 0 aromatic heterocycles. The van der Waals surface area contributed by atoms with E-state index in [4.69, 9.17) is 94.7 Å². The highest BCUT2D eigenvalue weighted by molar-refractivity contribution is 5.73. The van der Waals surface area contributed by atoms with Crippen LogP contribution >= 0.6 is 0 Å². The maximum absolute atomic E-state index is 11.3. The van der Waals surface area contributed by atoms with E-state index >= 15 is 0 Å². The Morgan fingerprint density at radius 1 is 0.154 bits per heavy atom. The molecule has 0 aliphatic heterocycles. The predicted octanol–water partition coefficient (Wildman–Crippen LogP) is 8.83. The van der Waals surface area contributed by atoms with Gasteiger partial charge in [0.25, 0.3) is 0 Å². The number of hydrogen-bond donors (Lipinski definition) is 8. The van der Waals surface area contributed by atoms with Crippen LogP contribution in [-0.4, -0.2) is 183 Å². The van der Waals surface area contributed by atoms with Crippen LogP contribution in [0.25, 0.3) is 0 Å². The third kappa shape index (κ3) is 13.0. The number of fused-ring (bicyclic) bond motifs is 8. The molecule has 0 fully saturated rings. The molecular weight excluding hydrogens is 1360 g/mol. The van der Waals surface area contributed by atoms with Crippen LogP contribution in [0.2, 0.25) is 0 Å². The van der Waals surface area contributed by atoms with Crippen LogP contribution in [0.3, 0.4) is 0 Å². The molecule has 0 bridgehead atoms. The largest absolute Gasteiger partial charge is 0.493 e. The molecule has 0 radical (unpaired) electrons. The summed E-state index contributed by atoms with van der Waals surface area (Å²) in [5, 5.41) is 88.2. The maximum atomic E-state index is 11.3. The van der Waals surface area contributed by atoms with Gasteiger partial charge in [-0.2, -0.15) is 0 Å². The molecule has 8 aromatic carbocycles. The zero-order valence-corrected chi connectivity index (χ0v) is 61.3. The molecule has 0 unspecified atom stereocenters. The Morgan fingerprint density at radius 2 is 0.317 bits per heavy atom. The number of aliphatic hydroxyl groups is 8. The molecule has 560 valence electrons. The van der Waals surface area contributed by atoms with Crippen LogP contribution in [0, 0.1) is 0 Å². The van der Waals surface area contributed by atoms with E-state index in [-0.39, 0.29) is 23.0 Å². The summed E-state index contributed by atoms with van der Waals surface area (Å²) in [6.45, 7) is 0. The lowest BCUT2D eigenvalue weighted by Crippen LogP contribution is -2.21. The highest BCUT2D eigenvalue weighted by Crippen LogP contribution is 2.60. The van der Waals surface area contributed by atoms with Crippen molar-refractivity contribution in [3.63, 3.8) is 0 Å². The van der Waals surface area contributed by atoms with Crippen molar-refractivity contribution in [1.29, 1.82) is 0 Å². The molecule has 0 saturated carbocycles. The molecule has 28 heteroatoms. The van der Waals surface area contributed by atoms with E-state index in [1.807, 2.05) is 0 Å². The molecule has 28 nitrogen and oxygen atoms in total. The summed E-state index contributed by atoms with van der Waals surface area (Å²) in [6, 6.07) is 20.1. The van der Waals surface area contributed by atoms with Crippen molar-refractivity contribution in [2.24, 2.45) is 0 Å². The fraction of sp³-hybridized carbons (Fsp3) is 0.368. The van der Waals surface area contributed by atoms with Gasteiger partial charge in [0, 0.05) is 33.4 Å². The van der Waals surface area contributed by atoms with Gasteiger partial charge < -0.3 is 136 Å². The maximum Gasteiger partial charge on any atom is 0.203 e. The first-order valence-electron chi connectivity index (χ1n) is 31.9. The van der Waals surface area contributed by atoms with Gasteiger partial charge in [-0.25, -0.2) is 0 Å². The third-order valence-corrected chi connectivity index (χ3v) is 18.6. The monoisotopic (exact) mass is 1450 g/mol. The highest BCUT2D eigenvalue weighted by Gasteiger charge is 2.44. The predicted molar refractivity (Wildman–Crippen MR) is 375 cm³/mol. The lowest BCUT2D eigenvalue weighted by atomic mass is 9.80. The SMILES string of the molecule is COc1cc2c(c(OC)c1OC)C(O)c1c(cc(OC)c(OC)c1OC)C2O.COc1cc2c(c(OC)c1OC)C(O)c1c(cc(OC)c(OC)c1OC)C2O.COc1cc2c(cc1OC)C(O)c1cc(OC)c(OC)cc1C2O.COc1ccc2c(c1OC)C(O)c1c(ccc(OC)c1OC)C2O. The standard InChI is InChI=1S/2C20H24O8.2C18H20O6/c2*1-23-11-7-9-13(19(27-5)17(11)25-3)16(22)14-10(15(9)21)8-12(24-2)18(26-4)20(14)28-6;1-21-13-5-9-10(6-14(13)22-2)18(20)12-8-16(24-4)15(23-3)7-11(12)17(9)19;1-21-11-7-5-9-13(17(11)23-3)16(20)14-10(15(9)19)6-8-12(22-2)18(14)24-4/h2*7-8,15-16,21-22H,1-6H3;5-8,17-20H,1-4H3;5-8,15-16,19-20H,1-4H3. The Morgan fingerprint density at radius 3 is 0.500 bits per heavy atom. The van der Waals surface area contributed by atoms with Gasteiger partial charge in [0.15, 0.2) is 92.0 Å². The van der Waals surface area contributed by atoms with E-state index < -0.39 is 48.8 Å². The quantitative estimate of drug-likeness (QED) is 0.0353. The van der Waals surface area contributed by atoms with Gasteiger partial charge in [0.1, 0.15) is 48.8 Å². The lowest BCUT2D eigenvalue weighted by Gasteiger charge is -2.33. The zero-order valence-electron chi connectivity index (χ0n) is 61.3. The third-order valence-electron chi connectivity index (χ3n) is 18.6. The summed E-state index contributed by atoms with van der Waals surface area (Å²) < 4.78 is 108. The van der Waals surface area contributed by atoms with E-state index in [2.05, 4.69) is 0 Å². The van der Waals surface area contributed by atoms with Crippen molar-refractivity contribution in [2.45, 2.75) is 48.8 Å². The molecule has 0 heterocycles. The van der Waals surface area contributed by atoms with E-state index in [1.165, 1.54) is 142 Å². The highest BCUT2D eigenvalue weighted by atomic mass is 16.6. The number of rotatable bonds is 20. The number of methoxy groups -OCH3 is 20. The Hall–Kier alpha value is -10.6. The molecule has 12 rings (SSSR count). The van der Waals surface area contributed by atoms with Crippen LogP contribution in [0.5, 0.6) is 115 Å². The molecule has 4 aliphatic rings. The van der Waals surface area contributed by atoms with E-state index in [0.29, 0.717) is 181 Å². The molecule has 0 amide bonds. The van der Waals surface area contributed by atoms with Crippen molar-refractivity contribution in [3.05, 3.63) is 162 Å². The second-order valence-corrected chi connectivity index (χ2v) is 23.1. The molecular formula is C76H88O28. The van der Waals surface area contributed by atoms with Crippen molar-refractivity contribution in [1.82, 2.24) is 0 Å². The topological polar surface area (TPSA) is 346 Å². The zero-order chi connectivity index (χ0) is 76.0. The minimum atomic E-state index is -1.17. The molecule has 8 N–H and O–H groups in total. The van der Waals surface area contributed by atoms with Crippen molar-refractivity contribution >= 4 is 0 Å². The lowest BCUT2D eigenvalue weighted by molar-refractivity contribution is 0.162.